The van der Waals surface area contributed by atoms with Crippen molar-refractivity contribution in [1.29, 1.82) is 0 Å². The van der Waals surface area contributed by atoms with Crippen LogP contribution in [0.5, 0.6) is 5.75 Å². The van der Waals surface area contributed by atoms with E-state index in [0.29, 0.717) is 33.0 Å². The molecule has 0 spiro atoms. The predicted molar refractivity (Wildman–Crippen MR) is 103 cm³/mol. The second-order valence-corrected chi connectivity index (χ2v) is 7.01. The van der Waals surface area contributed by atoms with Crippen LogP contribution in [0.2, 0.25) is 0 Å². The lowest BCUT2D eigenvalue weighted by atomic mass is 9.91. The van der Waals surface area contributed by atoms with Gasteiger partial charge in [-0.25, -0.2) is 0 Å². The van der Waals surface area contributed by atoms with Crippen molar-refractivity contribution in [2.24, 2.45) is 0 Å². The van der Waals surface area contributed by atoms with Crippen LogP contribution in [0.15, 0.2) is 42.6 Å². The highest BCUT2D eigenvalue weighted by Crippen LogP contribution is 2.26. The summed E-state index contributed by atoms with van der Waals surface area (Å²) in [6.07, 6.45) is 1.91. The van der Waals surface area contributed by atoms with Crippen molar-refractivity contribution in [2.45, 2.75) is 26.2 Å². The fraction of sp³-hybridized carbons (Fsp3) is 0.476. The van der Waals surface area contributed by atoms with Gasteiger partial charge in [0, 0.05) is 22.9 Å². The maximum absolute atomic E-state index is 8.60. The van der Waals surface area contributed by atoms with Gasteiger partial charge in [-0.05, 0) is 23.8 Å². The van der Waals surface area contributed by atoms with Crippen LogP contribution in [0, 0.1) is 0 Å². The zero-order valence-corrected chi connectivity index (χ0v) is 15.9. The first-order chi connectivity index (χ1) is 12.5. The third kappa shape index (κ3) is 6.75. The van der Waals surface area contributed by atoms with E-state index in [9.17, 15) is 0 Å². The number of ether oxygens (including phenoxy) is 3. The van der Waals surface area contributed by atoms with E-state index in [-0.39, 0.29) is 12.0 Å². The Balaban J connectivity index is 1.82. The molecule has 5 heteroatoms. The van der Waals surface area contributed by atoms with E-state index >= 15 is 0 Å². The van der Waals surface area contributed by atoms with Gasteiger partial charge in [-0.3, -0.25) is 4.98 Å². The van der Waals surface area contributed by atoms with Crippen LogP contribution >= 0.6 is 0 Å². The summed E-state index contributed by atoms with van der Waals surface area (Å²) in [5, 5.41) is 8.60. The van der Waals surface area contributed by atoms with Crippen molar-refractivity contribution >= 4 is 0 Å². The monoisotopic (exact) mass is 359 g/mol. The van der Waals surface area contributed by atoms with E-state index in [0.717, 1.165) is 22.6 Å². The van der Waals surface area contributed by atoms with Gasteiger partial charge < -0.3 is 19.3 Å². The van der Waals surface area contributed by atoms with Crippen molar-refractivity contribution in [3.8, 4) is 16.9 Å². The number of pyridine rings is 1. The molecule has 0 atom stereocenters. The summed E-state index contributed by atoms with van der Waals surface area (Å²) >= 11 is 0. The molecule has 1 aromatic carbocycles. The quantitative estimate of drug-likeness (QED) is 0.659. The SMILES string of the molecule is CC(C)(C)c1ccc(-c2cccc(OCCOCCOCCO)c2)cn1. The zero-order valence-electron chi connectivity index (χ0n) is 15.9. The van der Waals surface area contributed by atoms with Crippen molar-refractivity contribution in [3.63, 3.8) is 0 Å². The lowest BCUT2D eigenvalue weighted by molar-refractivity contribution is 0.0247. The van der Waals surface area contributed by atoms with Crippen LogP contribution in [-0.4, -0.2) is 49.7 Å². The molecule has 0 fully saturated rings. The Morgan fingerprint density at radius 2 is 1.62 bits per heavy atom. The maximum atomic E-state index is 8.60. The Morgan fingerprint density at radius 1 is 0.885 bits per heavy atom. The molecule has 2 rings (SSSR count). The largest absolute Gasteiger partial charge is 0.491 e. The van der Waals surface area contributed by atoms with E-state index in [2.05, 4.69) is 44.0 Å². The highest BCUT2D eigenvalue weighted by atomic mass is 16.5. The van der Waals surface area contributed by atoms with E-state index in [1.54, 1.807) is 0 Å². The summed E-state index contributed by atoms with van der Waals surface area (Å²) < 4.78 is 16.3. The zero-order chi connectivity index (χ0) is 18.8. The third-order valence-electron chi connectivity index (χ3n) is 3.80. The van der Waals surface area contributed by atoms with Gasteiger partial charge in [0.15, 0.2) is 0 Å². The molecular weight excluding hydrogens is 330 g/mol. The first-order valence-corrected chi connectivity index (χ1v) is 8.97. The van der Waals surface area contributed by atoms with Crippen molar-refractivity contribution in [1.82, 2.24) is 4.98 Å². The molecule has 1 aromatic heterocycles. The smallest absolute Gasteiger partial charge is 0.120 e. The summed E-state index contributed by atoms with van der Waals surface area (Å²) in [7, 11) is 0. The molecule has 142 valence electrons. The second-order valence-electron chi connectivity index (χ2n) is 7.01. The number of rotatable bonds is 10. The average Bonchev–Trinajstić information content (AvgIpc) is 2.63. The van der Waals surface area contributed by atoms with Crippen molar-refractivity contribution < 1.29 is 19.3 Å². The summed E-state index contributed by atoms with van der Waals surface area (Å²) in [5.74, 6) is 0.808. The highest BCUT2D eigenvalue weighted by Gasteiger charge is 2.14. The van der Waals surface area contributed by atoms with Gasteiger partial charge >= 0.3 is 0 Å². The molecular formula is C21H29NO4. The molecule has 2 aromatic rings. The molecule has 26 heavy (non-hydrogen) atoms. The van der Waals surface area contributed by atoms with E-state index in [1.807, 2.05) is 24.4 Å². The Labute approximate surface area is 155 Å². The van der Waals surface area contributed by atoms with Crippen molar-refractivity contribution in [2.75, 3.05) is 39.6 Å². The minimum atomic E-state index is 0.0356. The van der Waals surface area contributed by atoms with Gasteiger partial charge in [0.05, 0.1) is 33.0 Å². The normalized spacial score (nSPS) is 11.5. The van der Waals surface area contributed by atoms with Gasteiger partial charge in [0.1, 0.15) is 12.4 Å². The van der Waals surface area contributed by atoms with Crippen LogP contribution in [-0.2, 0) is 14.9 Å². The molecule has 0 aliphatic carbocycles. The maximum Gasteiger partial charge on any atom is 0.120 e. The fourth-order valence-electron chi connectivity index (χ4n) is 2.38. The Kier molecular flexibility index (Phi) is 8.04. The average molecular weight is 359 g/mol. The molecule has 5 nitrogen and oxygen atoms in total. The summed E-state index contributed by atoms with van der Waals surface area (Å²) in [6.45, 7) is 8.80. The number of hydrogen-bond acceptors (Lipinski definition) is 5. The summed E-state index contributed by atoms with van der Waals surface area (Å²) in [5.41, 5.74) is 3.27. The minimum Gasteiger partial charge on any atom is -0.491 e. The second kappa shape index (κ2) is 10.3. The lowest BCUT2D eigenvalue weighted by Gasteiger charge is -2.17. The number of hydrogen-bond donors (Lipinski definition) is 1. The Hall–Kier alpha value is -1.95. The number of benzene rings is 1. The van der Waals surface area contributed by atoms with Crippen LogP contribution in [0.25, 0.3) is 11.1 Å². The standard InChI is InChI=1S/C21H29NO4/c1-21(2,3)20-8-7-18(16-22-20)17-5-4-6-19(15-17)26-14-13-25-12-11-24-10-9-23/h4-8,15-16,23H,9-14H2,1-3H3. The molecule has 0 unspecified atom stereocenters. The van der Waals surface area contributed by atoms with Gasteiger partial charge in [0.25, 0.3) is 0 Å². The number of aliphatic hydroxyl groups is 1. The van der Waals surface area contributed by atoms with E-state index in [1.165, 1.54) is 0 Å². The van der Waals surface area contributed by atoms with Crippen LogP contribution in [0.4, 0.5) is 0 Å². The molecule has 0 aliphatic heterocycles. The third-order valence-corrected chi connectivity index (χ3v) is 3.80. The van der Waals surface area contributed by atoms with Crippen molar-refractivity contribution in [3.05, 3.63) is 48.3 Å². The van der Waals surface area contributed by atoms with Crippen LogP contribution in [0.1, 0.15) is 26.5 Å². The van der Waals surface area contributed by atoms with Gasteiger partial charge in [-0.1, -0.05) is 39.0 Å². The predicted octanol–water partition coefficient (Wildman–Crippen LogP) is 3.45. The summed E-state index contributed by atoms with van der Waals surface area (Å²) in [6, 6.07) is 12.2. The molecule has 0 saturated heterocycles. The van der Waals surface area contributed by atoms with Gasteiger partial charge in [-0.15, -0.1) is 0 Å². The fourth-order valence-corrected chi connectivity index (χ4v) is 2.38. The molecule has 0 saturated carbocycles. The summed E-state index contributed by atoms with van der Waals surface area (Å²) in [4.78, 5) is 4.58. The number of nitrogens with zero attached hydrogens (tertiary/aromatic N) is 1. The molecule has 1 N–H and O–H groups in total. The molecule has 0 aliphatic rings. The Morgan fingerprint density at radius 3 is 2.27 bits per heavy atom. The van der Waals surface area contributed by atoms with E-state index < -0.39 is 0 Å². The first kappa shape index (κ1) is 20.4. The molecule has 0 radical (unpaired) electrons. The van der Waals surface area contributed by atoms with Gasteiger partial charge in [-0.2, -0.15) is 0 Å². The number of aromatic nitrogens is 1. The molecule has 0 bridgehead atoms. The van der Waals surface area contributed by atoms with Gasteiger partial charge in [0.2, 0.25) is 0 Å². The minimum absolute atomic E-state index is 0.0356. The van der Waals surface area contributed by atoms with E-state index in [4.69, 9.17) is 19.3 Å². The first-order valence-electron chi connectivity index (χ1n) is 8.97. The topological polar surface area (TPSA) is 60.8 Å². The number of aliphatic hydroxyl groups excluding tert-OH is 1. The Bertz CT molecular complexity index is 650. The highest BCUT2D eigenvalue weighted by molar-refractivity contribution is 5.64. The van der Waals surface area contributed by atoms with Crippen LogP contribution in [0.3, 0.4) is 0 Å². The lowest BCUT2D eigenvalue weighted by Crippen LogP contribution is -2.12. The van der Waals surface area contributed by atoms with Crippen LogP contribution < -0.4 is 4.74 Å². The molecule has 1 heterocycles. The molecule has 0 amide bonds.